The molecule has 3 rings (SSSR count). The van der Waals surface area contributed by atoms with E-state index in [9.17, 15) is 9.59 Å². The highest BCUT2D eigenvalue weighted by Crippen LogP contribution is 2.36. The van der Waals surface area contributed by atoms with Crippen LogP contribution in [0, 0.1) is 6.92 Å². The second kappa shape index (κ2) is 7.10. The predicted octanol–water partition coefficient (Wildman–Crippen LogP) is 2.81. The lowest BCUT2D eigenvalue weighted by Gasteiger charge is -2.24. The molecule has 26 heavy (non-hydrogen) atoms. The summed E-state index contributed by atoms with van der Waals surface area (Å²) in [6.07, 6.45) is 2.88. The molecule has 0 saturated heterocycles. The highest BCUT2D eigenvalue weighted by atomic mass is 16.5. The van der Waals surface area contributed by atoms with Crippen LogP contribution >= 0.6 is 0 Å². The number of amides is 2. The number of carbonyl (C=O) groups is 2. The van der Waals surface area contributed by atoms with Crippen LogP contribution in [-0.4, -0.2) is 23.9 Å². The van der Waals surface area contributed by atoms with Crippen LogP contribution in [0.1, 0.15) is 5.56 Å². The third-order valence-corrected chi connectivity index (χ3v) is 3.91. The first-order valence-electron chi connectivity index (χ1n) is 7.79. The fraction of sp³-hybridized carbons (Fsp3) is 0.105. The standard InChI is InChI=1S/C19H17N3O4/c1-12-5-3-4-6-15(12)22(19(24)18(20)23)13-7-8-14(16(9-13)25-2)17-10-21-11-26-17/h3-11H,1-2H3,(H2,20,23). The number of oxazole rings is 1. The largest absolute Gasteiger partial charge is 0.496 e. The fourth-order valence-corrected chi connectivity index (χ4v) is 2.66. The van der Waals surface area contributed by atoms with Crippen molar-refractivity contribution in [3.05, 3.63) is 60.6 Å². The highest BCUT2D eigenvalue weighted by molar-refractivity contribution is 6.41. The number of aryl methyl sites for hydroxylation is 1. The van der Waals surface area contributed by atoms with Gasteiger partial charge in [0.2, 0.25) is 0 Å². The molecule has 0 fully saturated rings. The van der Waals surface area contributed by atoms with Crippen LogP contribution in [0.4, 0.5) is 11.4 Å². The third kappa shape index (κ3) is 3.14. The molecule has 0 unspecified atom stereocenters. The molecule has 3 aromatic rings. The number of carbonyl (C=O) groups excluding carboxylic acids is 2. The highest BCUT2D eigenvalue weighted by Gasteiger charge is 2.25. The average Bonchev–Trinajstić information content (AvgIpc) is 3.17. The SMILES string of the molecule is COc1cc(N(C(=O)C(N)=O)c2ccccc2C)ccc1-c1cnco1. The normalized spacial score (nSPS) is 10.4. The summed E-state index contributed by atoms with van der Waals surface area (Å²) in [5, 5.41) is 0. The van der Waals surface area contributed by atoms with Crippen LogP contribution < -0.4 is 15.4 Å². The number of ether oxygens (including phenoxy) is 1. The van der Waals surface area contributed by atoms with E-state index in [1.54, 1.807) is 36.5 Å². The molecule has 0 aliphatic rings. The average molecular weight is 351 g/mol. The summed E-state index contributed by atoms with van der Waals surface area (Å²) < 4.78 is 10.7. The van der Waals surface area contributed by atoms with Crippen molar-refractivity contribution in [2.24, 2.45) is 5.73 Å². The van der Waals surface area contributed by atoms with Gasteiger partial charge in [0.1, 0.15) is 5.75 Å². The smallest absolute Gasteiger partial charge is 0.320 e. The first kappa shape index (κ1) is 17.2. The molecule has 1 aromatic heterocycles. The lowest BCUT2D eigenvalue weighted by molar-refractivity contribution is -0.135. The summed E-state index contributed by atoms with van der Waals surface area (Å²) in [5.74, 6) is -0.896. The van der Waals surface area contributed by atoms with E-state index in [4.69, 9.17) is 14.9 Å². The number of primary amides is 1. The van der Waals surface area contributed by atoms with Gasteiger partial charge in [-0.05, 0) is 30.7 Å². The number of benzene rings is 2. The number of methoxy groups -OCH3 is 1. The quantitative estimate of drug-likeness (QED) is 0.729. The molecular formula is C19H17N3O4. The van der Waals surface area contributed by atoms with E-state index in [1.165, 1.54) is 18.4 Å². The molecule has 132 valence electrons. The summed E-state index contributed by atoms with van der Waals surface area (Å²) in [7, 11) is 1.51. The second-order valence-corrected chi connectivity index (χ2v) is 5.54. The molecule has 0 bridgehead atoms. The maximum absolute atomic E-state index is 12.5. The van der Waals surface area contributed by atoms with Crippen molar-refractivity contribution in [3.63, 3.8) is 0 Å². The topological polar surface area (TPSA) is 98.7 Å². The van der Waals surface area contributed by atoms with Gasteiger partial charge in [0.25, 0.3) is 0 Å². The van der Waals surface area contributed by atoms with Crippen molar-refractivity contribution >= 4 is 23.2 Å². The second-order valence-electron chi connectivity index (χ2n) is 5.54. The van der Waals surface area contributed by atoms with E-state index in [0.717, 1.165) is 5.56 Å². The van der Waals surface area contributed by atoms with Gasteiger partial charge < -0.3 is 14.9 Å². The minimum Gasteiger partial charge on any atom is -0.496 e. The number of rotatable bonds is 4. The zero-order chi connectivity index (χ0) is 18.7. The number of aromatic nitrogens is 1. The zero-order valence-corrected chi connectivity index (χ0v) is 14.3. The summed E-state index contributed by atoms with van der Waals surface area (Å²) >= 11 is 0. The first-order valence-corrected chi connectivity index (χ1v) is 7.79. The van der Waals surface area contributed by atoms with Crippen molar-refractivity contribution in [1.29, 1.82) is 0 Å². The molecule has 0 aliphatic heterocycles. The molecular weight excluding hydrogens is 334 g/mol. The van der Waals surface area contributed by atoms with Gasteiger partial charge in [-0.25, -0.2) is 4.98 Å². The van der Waals surface area contributed by atoms with E-state index >= 15 is 0 Å². The van der Waals surface area contributed by atoms with Crippen molar-refractivity contribution in [2.45, 2.75) is 6.92 Å². The fourth-order valence-electron chi connectivity index (χ4n) is 2.66. The van der Waals surface area contributed by atoms with Gasteiger partial charge >= 0.3 is 11.8 Å². The molecule has 1 heterocycles. The molecule has 7 nitrogen and oxygen atoms in total. The van der Waals surface area contributed by atoms with E-state index in [0.29, 0.717) is 28.4 Å². The Hall–Kier alpha value is -3.61. The van der Waals surface area contributed by atoms with E-state index in [2.05, 4.69) is 4.98 Å². The van der Waals surface area contributed by atoms with Crippen molar-refractivity contribution in [3.8, 4) is 17.1 Å². The van der Waals surface area contributed by atoms with Crippen molar-refractivity contribution in [2.75, 3.05) is 12.0 Å². The Balaban J connectivity index is 2.14. The van der Waals surface area contributed by atoms with Gasteiger partial charge in [-0.2, -0.15) is 0 Å². The molecule has 0 aliphatic carbocycles. The van der Waals surface area contributed by atoms with E-state index < -0.39 is 11.8 Å². The van der Waals surface area contributed by atoms with Crippen LogP contribution in [-0.2, 0) is 9.59 Å². The van der Waals surface area contributed by atoms with Gasteiger partial charge in [-0.1, -0.05) is 18.2 Å². The van der Waals surface area contributed by atoms with Crippen LogP contribution in [0.2, 0.25) is 0 Å². The molecule has 0 radical (unpaired) electrons. The number of nitrogens with zero attached hydrogens (tertiary/aromatic N) is 2. The first-order chi connectivity index (χ1) is 12.5. The number of nitrogens with two attached hydrogens (primary N) is 1. The van der Waals surface area contributed by atoms with Gasteiger partial charge in [0.15, 0.2) is 12.2 Å². The third-order valence-electron chi connectivity index (χ3n) is 3.91. The van der Waals surface area contributed by atoms with Crippen molar-refractivity contribution < 1.29 is 18.7 Å². The zero-order valence-electron chi connectivity index (χ0n) is 14.3. The number of hydrogen-bond acceptors (Lipinski definition) is 5. The Morgan fingerprint density at radius 2 is 1.96 bits per heavy atom. The molecule has 7 heteroatoms. The van der Waals surface area contributed by atoms with Gasteiger partial charge in [-0.3, -0.25) is 14.5 Å². The minimum atomic E-state index is -1.05. The van der Waals surface area contributed by atoms with E-state index in [1.807, 2.05) is 19.1 Å². The molecule has 2 N–H and O–H groups in total. The van der Waals surface area contributed by atoms with Crippen LogP contribution in [0.3, 0.4) is 0 Å². The monoisotopic (exact) mass is 351 g/mol. The molecule has 2 amide bonds. The Kier molecular flexibility index (Phi) is 4.70. The summed E-state index contributed by atoms with van der Waals surface area (Å²) in [5.41, 5.74) is 7.75. The van der Waals surface area contributed by atoms with E-state index in [-0.39, 0.29) is 0 Å². The Bertz CT molecular complexity index is 951. The lowest BCUT2D eigenvalue weighted by atomic mass is 10.1. The Morgan fingerprint density at radius 3 is 2.58 bits per heavy atom. The van der Waals surface area contributed by atoms with Crippen molar-refractivity contribution in [1.82, 2.24) is 4.98 Å². The lowest BCUT2D eigenvalue weighted by Crippen LogP contribution is -2.37. The van der Waals surface area contributed by atoms with Crippen LogP contribution in [0.15, 0.2) is 59.5 Å². The molecule has 2 aromatic carbocycles. The predicted molar refractivity (Wildman–Crippen MR) is 96.0 cm³/mol. The Labute approximate surface area is 150 Å². The minimum absolute atomic E-state index is 0.447. The van der Waals surface area contributed by atoms with Gasteiger partial charge in [-0.15, -0.1) is 0 Å². The summed E-state index contributed by atoms with van der Waals surface area (Å²) in [4.78, 5) is 29.2. The number of anilines is 2. The molecule has 0 spiro atoms. The van der Waals surface area contributed by atoms with Gasteiger partial charge in [0, 0.05) is 6.07 Å². The summed E-state index contributed by atoms with van der Waals surface area (Å²) in [6, 6.07) is 12.3. The Morgan fingerprint density at radius 1 is 1.19 bits per heavy atom. The maximum atomic E-state index is 12.5. The van der Waals surface area contributed by atoms with Gasteiger partial charge in [0.05, 0.1) is 30.2 Å². The number of hydrogen-bond donors (Lipinski definition) is 1. The number of para-hydroxylation sites is 1. The summed E-state index contributed by atoms with van der Waals surface area (Å²) in [6.45, 7) is 1.84. The molecule has 0 atom stereocenters. The maximum Gasteiger partial charge on any atom is 0.320 e. The van der Waals surface area contributed by atoms with Crippen LogP contribution in [0.5, 0.6) is 5.75 Å². The molecule has 0 saturated carbocycles. The van der Waals surface area contributed by atoms with Crippen LogP contribution in [0.25, 0.3) is 11.3 Å².